The molecule has 0 bridgehead atoms. The summed E-state index contributed by atoms with van der Waals surface area (Å²) in [4.78, 5) is 10.9. The van der Waals surface area contributed by atoms with Crippen LogP contribution < -0.4 is 4.72 Å². The molecule has 2 rings (SSSR count). The van der Waals surface area contributed by atoms with E-state index in [2.05, 4.69) is 14.9 Å². The van der Waals surface area contributed by atoms with Crippen LogP contribution in [-0.2, 0) is 10.0 Å². The predicted molar refractivity (Wildman–Crippen MR) is 80.3 cm³/mol. The smallest absolute Gasteiger partial charge is 0.336 e. The number of carboxylic acid groups (broad SMARTS) is 1. The van der Waals surface area contributed by atoms with Gasteiger partial charge in [-0.05, 0) is 47.7 Å². The molecule has 3 N–H and O–H groups in total. The highest BCUT2D eigenvalue weighted by molar-refractivity contribution is 14.1. The van der Waals surface area contributed by atoms with E-state index >= 15 is 0 Å². The summed E-state index contributed by atoms with van der Waals surface area (Å²) < 4.78 is 27.0. The molecular weight excluding hydrogens is 397 g/mol. The van der Waals surface area contributed by atoms with Crippen LogP contribution in [0.2, 0.25) is 0 Å². The molecule has 0 aliphatic heterocycles. The maximum atomic E-state index is 12.1. The molecule has 0 unspecified atom stereocenters. The third-order valence-corrected chi connectivity index (χ3v) is 4.72. The molecule has 1 heterocycles. The lowest BCUT2D eigenvalue weighted by Gasteiger charge is -2.07. The van der Waals surface area contributed by atoms with Gasteiger partial charge in [-0.15, -0.1) is 0 Å². The number of anilines is 1. The van der Waals surface area contributed by atoms with Crippen molar-refractivity contribution in [1.29, 1.82) is 0 Å². The Kier molecular flexibility index (Phi) is 3.99. The van der Waals surface area contributed by atoms with E-state index in [9.17, 15) is 13.2 Å². The van der Waals surface area contributed by atoms with Crippen molar-refractivity contribution in [2.45, 2.75) is 11.8 Å². The van der Waals surface area contributed by atoms with E-state index in [1.165, 1.54) is 18.2 Å². The second kappa shape index (κ2) is 5.40. The highest BCUT2D eigenvalue weighted by Crippen LogP contribution is 2.20. The van der Waals surface area contributed by atoms with Crippen molar-refractivity contribution in [2.75, 3.05) is 4.72 Å². The molecular formula is C11H10IN3O4S. The van der Waals surface area contributed by atoms with Crippen molar-refractivity contribution >= 4 is 44.4 Å². The molecule has 1 aromatic carbocycles. The number of hydrogen-bond acceptors (Lipinski definition) is 4. The first-order valence-electron chi connectivity index (χ1n) is 5.37. The van der Waals surface area contributed by atoms with Gasteiger partial charge in [0.25, 0.3) is 10.0 Å². The Balaban J connectivity index is 2.39. The summed E-state index contributed by atoms with van der Waals surface area (Å²) in [5.74, 6) is -1.03. The van der Waals surface area contributed by atoms with Crippen molar-refractivity contribution in [1.82, 2.24) is 10.2 Å². The Bertz CT molecular complexity index is 770. The highest BCUT2D eigenvalue weighted by Gasteiger charge is 2.19. The lowest BCUT2D eigenvalue weighted by atomic mass is 10.2. The highest BCUT2D eigenvalue weighted by atomic mass is 127. The van der Waals surface area contributed by atoms with E-state index in [1.54, 1.807) is 6.92 Å². The first-order valence-corrected chi connectivity index (χ1v) is 7.93. The predicted octanol–water partition coefficient (Wildman–Crippen LogP) is 1.82. The molecule has 0 fully saturated rings. The molecule has 0 saturated carbocycles. The van der Waals surface area contributed by atoms with E-state index < -0.39 is 16.0 Å². The number of halogens is 1. The van der Waals surface area contributed by atoms with E-state index in [4.69, 9.17) is 5.11 Å². The maximum absolute atomic E-state index is 12.1. The number of aryl methyl sites for hydroxylation is 1. The number of aromatic carboxylic acids is 1. The van der Waals surface area contributed by atoms with Gasteiger partial charge in [-0.1, -0.05) is 0 Å². The zero-order chi connectivity index (χ0) is 14.9. The number of hydrogen-bond donors (Lipinski definition) is 3. The summed E-state index contributed by atoms with van der Waals surface area (Å²) in [5.41, 5.74) is 0.642. The van der Waals surface area contributed by atoms with Gasteiger partial charge in [0.2, 0.25) is 0 Å². The number of nitrogens with zero attached hydrogens (tertiary/aromatic N) is 1. The summed E-state index contributed by atoms with van der Waals surface area (Å²) in [5, 5.41) is 15.4. The van der Waals surface area contributed by atoms with Crippen molar-refractivity contribution in [2.24, 2.45) is 0 Å². The Hall–Kier alpha value is -1.62. The second-order valence-corrected chi connectivity index (χ2v) is 6.83. The number of carbonyl (C=O) groups is 1. The molecule has 9 heteroatoms. The quantitative estimate of drug-likeness (QED) is 0.670. The van der Waals surface area contributed by atoms with Gasteiger partial charge in [0.15, 0.2) is 5.82 Å². The Morgan fingerprint density at radius 2 is 2.10 bits per heavy atom. The summed E-state index contributed by atoms with van der Waals surface area (Å²) in [7, 11) is -3.87. The minimum atomic E-state index is -3.87. The molecule has 0 amide bonds. The second-order valence-electron chi connectivity index (χ2n) is 3.99. The molecule has 0 atom stereocenters. The molecule has 0 aliphatic rings. The van der Waals surface area contributed by atoms with Gasteiger partial charge in [-0.3, -0.25) is 9.82 Å². The molecule has 0 radical (unpaired) electrons. The van der Waals surface area contributed by atoms with E-state index in [0.717, 1.165) is 6.07 Å². The van der Waals surface area contributed by atoms with Gasteiger partial charge in [0.1, 0.15) is 0 Å². The van der Waals surface area contributed by atoms with E-state index in [0.29, 0.717) is 9.26 Å². The van der Waals surface area contributed by atoms with Gasteiger partial charge < -0.3 is 5.11 Å². The molecule has 0 aliphatic carbocycles. The van der Waals surface area contributed by atoms with Crippen LogP contribution in [0.4, 0.5) is 5.82 Å². The lowest BCUT2D eigenvalue weighted by molar-refractivity contribution is 0.0695. The fraction of sp³-hybridized carbons (Fsp3) is 0.0909. The minimum absolute atomic E-state index is 0.0633. The van der Waals surface area contributed by atoms with Crippen LogP contribution in [0.5, 0.6) is 0 Å². The number of H-pyrrole nitrogens is 1. The molecule has 0 saturated heterocycles. The number of nitrogens with one attached hydrogen (secondary N) is 2. The summed E-state index contributed by atoms with van der Waals surface area (Å²) in [6, 6.07) is 5.43. The fourth-order valence-electron chi connectivity index (χ4n) is 1.50. The maximum Gasteiger partial charge on any atom is 0.336 e. The number of sulfonamides is 1. The Morgan fingerprint density at radius 1 is 1.40 bits per heavy atom. The van der Waals surface area contributed by atoms with Crippen LogP contribution in [0.1, 0.15) is 16.1 Å². The van der Waals surface area contributed by atoms with Crippen LogP contribution in [0.15, 0.2) is 29.2 Å². The summed E-state index contributed by atoms with van der Waals surface area (Å²) in [6.07, 6.45) is 0. The van der Waals surface area contributed by atoms with Crippen LogP contribution in [0.25, 0.3) is 0 Å². The van der Waals surface area contributed by atoms with Gasteiger partial charge in [-0.2, -0.15) is 5.10 Å². The normalized spacial score (nSPS) is 11.3. The SMILES string of the molecule is Cc1cc(NS(=O)(=O)c2ccc(I)c(C(=O)O)c2)n[nH]1. The van der Waals surface area contributed by atoms with Gasteiger partial charge in [0.05, 0.1) is 10.5 Å². The average Bonchev–Trinajstić information content (AvgIpc) is 2.73. The Morgan fingerprint density at radius 3 is 2.65 bits per heavy atom. The van der Waals surface area contributed by atoms with Crippen molar-refractivity contribution in [3.8, 4) is 0 Å². The number of rotatable bonds is 4. The van der Waals surface area contributed by atoms with Gasteiger partial charge >= 0.3 is 5.97 Å². The molecule has 106 valence electrons. The molecule has 0 spiro atoms. The number of benzene rings is 1. The first kappa shape index (κ1) is 14.8. The first-order chi connectivity index (χ1) is 9.29. The zero-order valence-corrected chi connectivity index (χ0v) is 13.2. The fourth-order valence-corrected chi connectivity index (χ4v) is 3.09. The van der Waals surface area contributed by atoms with Crippen LogP contribution in [-0.4, -0.2) is 29.7 Å². The van der Waals surface area contributed by atoms with Gasteiger partial charge in [-0.25, -0.2) is 13.2 Å². The van der Waals surface area contributed by atoms with Crippen molar-refractivity contribution < 1.29 is 18.3 Å². The monoisotopic (exact) mass is 407 g/mol. The number of aromatic nitrogens is 2. The van der Waals surface area contributed by atoms with Crippen LogP contribution in [0, 0.1) is 10.5 Å². The summed E-state index contributed by atoms with van der Waals surface area (Å²) in [6.45, 7) is 1.73. The van der Waals surface area contributed by atoms with Crippen LogP contribution >= 0.6 is 22.6 Å². The van der Waals surface area contributed by atoms with Crippen molar-refractivity contribution in [3.05, 3.63) is 39.1 Å². The minimum Gasteiger partial charge on any atom is -0.478 e. The zero-order valence-electron chi connectivity index (χ0n) is 10.2. The van der Waals surface area contributed by atoms with Gasteiger partial charge in [0, 0.05) is 15.3 Å². The third kappa shape index (κ3) is 3.10. The van der Waals surface area contributed by atoms with E-state index in [1.807, 2.05) is 22.6 Å². The molecule has 2 aromatic rings. The average molecular weight is 407 g/mol. The largest absolute Gasteiger partial charge is 0.478 e. The topological polar surface area (TPSA) is 112 Å². The lowest BCUT2D eigenvalue weighted by Crippen LogP contribution is -2.14. The summed E-state index contributed by atoms with van der Waals surface area (Å²) >= 11 is 1.83. The van der Waals surface area contributed by atoms with E-state index in [-0.39, 0.29) is 16.3 Å². The Labute approximate surface area is 128 Å². The van der Waals surface area contributed by atoms with Crippen LogP contribution in [0.3, 0.4) is 0 Å². The molecule has 1 aromatic heterocycles. The van der Waals surface area contributed by atoms with Crippen molar-refractivity contribution in [3.63, 3.8) is 0 Å². The molecule has 20 heavy (non-hydrogen) atoms. The third-order valence-electron chi connectivity index (χ3n) is 2.42. The standard InChI is InChI=1S/C11H10IN3O4S/c1-6-4-10(14-13-6)15-20(18,19)7-2-3-9(12)8(5-7)11(16)17/h2-5H,1H3,(H,16,17)(H2,13,14,15). The number of carboxylic acids is 1. The molecule has 7 nitrogen and oxygen atoms in total. The number of aromatic amines is 1.